The van der Waals surface area contributed by atoms with Gasteiger partial charge in [0.1, 0.15) is 11.9 Å². The molecule has 1 aromatic rings. The molecule has 0 bridgehead atoms. The molecule has 122 valence electrons. The van der Waals surface area contributed by atoms with Crippen molar-refractivity contribution in [2.45, 2.75) is 32.4 Å². The van der Waals surface area contributed by atoms with Gasteiger partial charge < -0.3 is 19.7 Å². The van der Waals surface area contributed by atoms with Crippen LogP contribution in [0.3, 0.4) is 0 Å². The minimum atomic E-state index is -0.102. The predicted molar refractivity (Wildman–Crippen MR) is 86.1 cm³/mol. The molecule has 22 heavy (non-hydrogen) atoms. The van der Waals surface area contributed by atoms with E-state index in [4.69, 9.17) is 9.47 Å². The summed E-state index contributed by atoms with van der Waals surface area (Å²) in [6.45, 7) is 6.20. The van der Waals surface area contributed by atoms with Crippen LogP contribution in [0.15, 0.2) is 30.3 Å². The molecule has 1 saturated heterocycles. The van der Waals surface area contributed by atoms with Gasteiger partial charge in [0.2, 0.25) is 0 Å². The minimum absolute atomic E-state index is 0.0667. The summed E-state index contributed by atoms with van der Waals surface area (Å²) in [7, 11) is 1.82. The van der Waals surface area contributed by atoms with Gasteiger partial charge in [0.15, 0.2) is 0 Å². The first-order chi connectivity index (χ1) is 10.6. The maximum absolute atomic E-state index is 12.2. The van der Waals surface area contributed by atoms with Crippen LogP contribution < -0.4 is 10.1 Å². The Morgan fingerprint density at radius 2 is 2.14 bits per heavy atom. The summed E-state index contributed by atoms with van der Waals surface area (Å²) in [5.41, 5.74) is 0. The van der Waals surface area contributed by atoms with E-state index in [9.17, 15) is 4.79 Å². The smallest absolute Gasteiger partial charge is 0.317 e. The van der Waals surface area contributed by atoms with Gasteiger partial charge in [-0.1, -0.05) is 18.2 Å². The number of hydrogen-bond donors (Lipinski definition) is 1. The summed E-state index contributed by atoms with van der Waals surface area (Å²) in [6, 6.07) is 9.50. The first kappa shape index (κ1) is 16.6. The Balaban J connectivity index is 1.76. The topological polar surface area (TPSA) is 50.8 Å². The lowest BCUT2D eigenvalue weighted by Gasteiger charge is -2.26. The van der Waals surface area contributed by atoms with Crippen LogP contribution in [0, 0.1) is 5.92 Å². The van der Waals surface area contributed by atoms with Gasteiger partial charge in [-0.2, -0.15) is 0 Å². The zero-order valence-corrected chi connectivity index (χ0v) is 13.6. The third-order valence-electron chi connectivity index (χ3n) is 4.02. The lowest BCUT2D eigenvalue weighted by Crippen LogP contribution is -2.48. The van der Waals surface area contributed by atoms with E-state index >= 15 is 0 Å². The highest BCUT2D eigenvalue weighted by molar-refractivity contribution is 5.74. The normalized spacial score (nSPS) is 20.2. The molecule has 0 saturated carbocycles. The highest BCUT2D eigenvalue weighted by Gasteiger charge is 2.22. The quantitative estimate of drug-likeness (QED) is 0.878. The molecule has 1 N–H and O–H groups in total. The molecule has 0 spiro atoms. The number of benzene rings is 1. The third kappa shape index (κ3) is 4.91. The summed E-state index contributed by atoms with van der Waals surface area (Å²) in [5.74, 6) is 1.26. The van der Waals surface area contributed by atoms with Crippen molar-refractivity contribution in [2.75, 3.05) is 26.8 Å². The van der Waals surface area contributed by atoms with Crippen molar-refractivity contribution >= 4 is 6.03 Å². The Morgan fingerprint density at radius 1 is 1.41 bits per heavy atom. The highest BCUT2D eigenvalue weighted by atomic mass is 16.5. The van der Waals surface area contributed by atoms with E-state index < -0.39 is 0 Å². The highest BCUT2D eigenvalue weighted by Crippen LogP contribution is 2.14. The van der Waals surface area contributed by atoms with E-state index in [0.29, 0.717) is 5.92 Å². The second-order valence-electron chi connectivity index (χ2n) is 5.98. The van der Waals surface area contributed by atoms with Gasteiger partial charge in [-0.3, -0.25) is 0 Å². The van der Waals surface area contributed by atoms with Gasteiger partial charge >= 0.3 is 6.03 Å². The number of carbonyl (C=O) groups is 1. The maximum Gasteiger partial charge on any atom is 0.317 e. The zero-order valence-electron chi connectivity index (χ0n) is 13.6. The van der Waals surface area contributed by atoms with Crippen LogP contribution in [-0.4, -0.2) is 49.9 Å². The molecule has 0 aromatic heterocycles. The Bertz CT molecular complexity index is 460. The van der Waals surface area contributed by atoms with Crippen molar-refractivity contribution in [2.24, 2.45) is 5.92 Å². The number of hydrogen-bond acceptors (Lipinski definition) is 3. The van der Waals surface area contributed by atoms with Gasteiger partial charge in [-0.15, -0.1) is 0 Å². The van der Waals surface area contributed by atoms with Crippen molar-refractivity contribution in [1.29, 1.82) is 0 Å². The number of amides is 2. The molecule has 2 rings (SSSR count). The molecule has 3 atom stereocenters. The van der Waals surface area contributed by atoms with Gasteiger partial charge in [0.25, 0.3) is 0 Å². The third-order valence-corrected chi connectivity index (χ3v) is 4.02. The van der Waals surface area contributed by atoms with Gasteiger partial charge in [0.05, 0.1) is 12.6 Å². The van der Waals surface area contributed by atoms with Crippen molar-refractivity contribution in [3.05, 3.63) is 30.3 Å². The van der Waals surface area contributed by atoms with Crippen LogP contribution in [0.1, 0.15) is 20.3 Å². The van der Waals surface area contributed by atoms with Crippen LogP contribution in [0.25, 0.3) is 0 Å². The number of nitrogens with zero attached hydrogens (tertiary/aromatic N) is 1. The minimum Gasteiger partial charge on any atom is -0.489 e. The number of ether oxygens (including phenoxy) is 2. The van der Waals surface area contributed by atoms with Gasteiger partial charge in [-0.25, -0.2) is 4.79 Å². The van der Waals surface area contributed by atoms with Crippen molar-refractivity contribution in [1.82, 2.24) is 10.2 Å². The Labute approximate surface area is 132 Å². The summed E-state index contributed by atoms with van der Waals surface area (Å²) in [5, 5.41) is 2.99. The zero-order chi connectivity index (χ0) is 15.9. The Hall–Kier alpha value is -1.75. The first-order valence-electron chi connectivity index (χ1n) is 7.87. The molecule has 3 unspecified atom stereocenters. The van der Waals surface area contributed by atoms with Crippen LogP contribution >= 0.6 is 0 Å². The molecule has 0 aliphatic carbocycles. The molecule has 1 aliphatic heterocycles. The summed E-state index contributed by atoms with van der Waals surface area (Å²) < 4.78 is 11.2. The fourth-order valence-electron chi connectivity index (χ4n) is 2.44. The fraction of sp³-hybridized carbons (Fsp3) is 0.588. The van der Waals surface area contributed by atoms with E-state index in [1.54, 1.807) is 4.90 Å². The molecular weight excluding hydrogens is 280 g/mol. The van der Waals surface area contributed by atoms with Gasteiger partial charge in [0, 0.05) is 26.1 Å². The van der Waals surface area contributed by atoms with E-state index in [2.05, 4.69) is 5.32 Å². The molecule has 0 radical (unpaired) electrons. The predicted octanol–water partition coefficient (Wildman–Crippen LogP) is 2.52. The average Bonchev–Trinajstić information content (AvgIpc) is 3.01. The molecule has 1 heterocycles. The number of carbonyl (C=O) groups excluding carboxylic acids is 1. The van der Waals surface area contributed by atoms with E-state index in [1.165, 1.54) is 0 Å². The molecule has 1 aliphatic rings. The Kier molecular flexibility index (Phi) is 6.07. The fourth-order valence-corrected chi connectivity index (χ4v) is 2.44. The second kappa shape index (κ2) is 8.03. The Morgan fingerprint density at radius 3 is 2.77 bits per heavy atom. The van der Waals surface area contributed by atoms with Gasteiger partial charge in [-0.05, 0) is 32.4 Å². The summed E-state index contributed by atoms with van der Waals surface area (Å²) in [4.78, 5) is 13.9. The molecule has 1 fully saturated rings. The van der Waals surface area contributed by atoms with Crippen molar-refractivity contribution in [3.63, 3.8) is 0 Å². The van der Waals surface area contributed by atoms with Crippen LogP contribution in [0.2, 0.25) is 0 Å². The van der Waals surface area contributed by atoms with Crippen molar-refractivity contribution < 1.29 is 14.3 Å². The number of rotatable bonds is 6. The number of nitrogens with one attached hydrogen (secondary N) is 1. The van der Waals surface area contributed by atoms with E-state index in [-0.39, 0.29) is 18.2 Å². The maximum atomic E-state index is 12.2. The monoisotopic (exact) mass is 306 g/mol. The molecule has 1 aromatic carbocycles. The van der Waals surface area contributed by atoms with Crippen LogP contribution in [-0.2, 0) is 4.74 Å². The first-order valence-corrected chi connectivity index (χ1v) is 7.87. The molecule has 5 heteroatoms. The second-order valence-corrected chi connectivity index (χ2v) is 5.98. The average molecular weight is 306 g/mol. The lowest BCUT2D eigenvalue weighted by molar-refractivity contribution is 0.155. The molecule has 2 amide bonds. The summed E-state index contributed by atoms with van der Waals surface area (Å²) in [6.07, 6.45) is 0.926. The lowest BCUT2D eigenvalue weighted by atomic mass is 10.1. The largest absolute Gasteiger partial charge is 0.489 e. The van der Waals surface area contributed by atoms with Crippen molar-refractivity contribution in [3.8, 4) is 5.75 Å². The van der Waals surface area contributed by atoms with Crippen LogP contribution in [0.5, 0.6) is 5.75 Å². The molecular formula is C17H26N2O3. The SMILES string of the molecule is CC(NC(=O)N(C)CC1CCOC1)C(C)Oc1ccccc1. The standard InChI is InChI=1S/C17H26N2O3/c1-13(14(2)22-16-7-5-4-6-8-16)18-17(20)19(3)11-15-9-10-21-12-15/h4-8,13-15H,9-12H2,1-3H3,(H,18,20). The van der Waals surface area contributed by atoms with Crippen LogP contribution in [0.4, 0.5) is 4.79 Å². The van der Waals surface area contributed by atoms with E-state index in [1.807, 2.05) is 51.2 Å². The number of urea groups is 1. The van der Waals surface area contributed by atoms with E-state index in [0.717, 1.165) is 31.9 Å². The summed E-state index contributed by atoms with van der Waals surface area (Å²) >= 11 is 0. The number of para-hydroxylation sites is 1. The molecule has 5 nitrogen and oxygen atoms in total.